The SMILES string of the molecule is O=C(NC1OC(CO)C(O)C(O)C1O)c1ccc(-n2[se]c3ccccc3c2=O)cc1. The molecule has 5 N–H and O–H groups in total. The van der Waals surface area contributed by atoms with Gasteiger partial charge in [-0.15, -0.1) is 0 Å². The molecule has 0 radical (unpaired) electrons. The average molecular weight is 479 g/mol. The number of nitrogens with one attached hydrogen (secondary N) is 1. The molecule has 0 spiro atoms. The van der Waals surface area contributed by atoms with Crippen LogP contribution in [0, 0.1) is 0 Å². The van der Waals surface area contributed by atoms with Gasteiger partial charge in [0.15, 0.2) is 0 Å². The monoisotopic (exact) mass is 480 g/mol. The number of hydrogen-bond acceptors (Lipinski definition) is 7. The summed E-state index contributed by atoms with van der Waals surface area (Å²) < 4.78 is 7.96. The van der Waals surface area contributed by atoms with Crippen molar-refractivity contribution in [3.63, 3.8) is 0 Å². The average Bonchev–Trinajstić information content (AvgIpc) is 3.11. The van der Waals surface area contributed by atoms with Crippen LogP contribution in [0.25, 0.3) is 15.3 Å². The van der Waals surface area contributed by atoms with Crippen molar-refractivity contribution in [2.24, 2.45) is 0 Å². The molecule has 2 aromatic carbocycles. The molecular formula is C20H20N2O7Se. The maximum atomic E-state index is 12.6. The zero-order chi connectivity index (χ0) is 21.4. The number of fused-ring (bicyclic) bond motifs is 1. The van der Waals surface area contributed by atoms with E-state index < -0.39 is 43.2 Å². The molecule has 0 saturated carbocycles. The van der Waals surface area contributed by atoms with Gasteiger partial charge in [-0.3, -0.25) is 0 Å². The summed E-state index contributed by atoms with van der Waals surface area (Å²) >= 11 is -0.187. The van der Waals surface area contributed by atoms with Gasteiger partial charge in [-0.25, -0.2) is 0 Å². The van der Waals surface area contributed by atoms with E-state index >= 15 is 0 Å². The first-order valence-corrected chi connectivity index (χ1v) is 10.9. The van der Waals surface area contributed by atoms with E-state index in [1.807, 2.05) is 18.2 Å². The van der Waals surface area contributed by atoms with E-state index in [9.17, 15) is 30.0 Å². The second-order valence-electron chi connectivity index (χ2n) is 6.96. The minimum absolute atomic E-state index is 0.0795. The van der Waals surface area contributed by atoms with Gasteiger partial charge in [-0.1, -0.05) is 0 Å². The Morgan fingerprint density at radius 2 is 1.73 bits per heavy atom. The molecule has 1 fully saturated rings. The Morgan fingerprint density at radius 3 is 2.40 bits per heavy atom. The van der Waals surface area contributed by atoms with Crippen molar-refractivity contribution in [1.29, 1.82) is 0 Å². The van der Waals surface area contributed by atoms with E-state index in [4.69, 9.17) is 4.74 Å². The number of rotatable bonds is 4. The summed E-state index contributed by atoms with van der Waals surface area (Å²) in [7, 11) is 0. The molecule has 1 aliphatic rings. The molecular weight excluding hydrogens is 459 g/mol. The summed E-state index contributed by atoms with van der Waals surface area (Å²) in [5.41, 5.74) is 0.845. The van der Waals surface area contributed by atoms with Crippen LogP contribution in [0.4, 0.5) is 0 Å². The van der Waals surface area contributed by atoms with Crippen LogP contribution in [0.15, 0.2) is 53.3 Å². The summed E-state index contributed by atoms with van der Waals surface area (Å²) in [5, 5.41) is 42.0. The molecule has 10 heteroatoms. The third-order valence-corrected chi connectivity index (χ3v) is 7.35. The van der Waals surface area contributed by atoms with Gasteiger partial charge in [0, 0.05) is 0 Å². The molecule has 1 aliphatic heterocycles. The number of amides is 1. The van der Waals surface area contributed by atoms with E-state index in [1.165, 1.54) is 0 Å². The Bertz CT molecular complexity index is 1110. The maximum absolute atomic E-state index is 12.6. The van der Waals surface area contributed by atoms with Crippen molar-refractivity contribution in [3.05, 3.63) is 64.4 Å². The van der Waals surface area contributed by atoms with Crippen molar-refractivity contribution in [1.82, 2.24) is 8.88 Å². The number of aliphatic hydroxyl groups excluding tert-OH is 4. The van der Waals surface area contributed by atoms with Gasteiger partial charge in [0.2, 0.25) is 0 Å². The third kappa shape index (κ3) is 3.75. The Morgan fingerprint density at radius 1 is 1.03 bits per heavy atom. The molecule has 0 aliphatic carbocycles. The third-order valence-electron chi connectivity index (χ3n) is 5.02. The summed E-state index contributed by atoms with van der Waals surface area (Å²) in [5.74, 6) is -0.576. The zero-order valence-corrected chi connectivity index (χ0v) is 17.3. The number of aromatic nitrogens is 1. The van der Waals surface area contributed by atoms with E-state index in [0.29, 0.717) is 11.1 Å². The molecule has 1 aromatic heterocycles. The molecule has 5 unspecified atom stereocenters. The number of carbonyl (C=O) groups excluding carboxylic acids is 1. The molecule has 3 aromatic rings. The van der Waals surface area contributed by atoms with Crippen molar-refractivity contribution in [2.75, 3.05) is 6.61 Å². The van der Waals surface area contributed by atoms with Crippen LogP contribution in [-0.2, 0) is 4.74 Å². The summed E-state index contributed by atoms with van der Waals surface area (Å²) in [6.07, 6.45) is -7.05. The van der Waals surface area contributed by atoms with Crippen molar-refractivity contribution >= 4 is 30.3 Å². The van der Waals surface area contributed by atoms with Crippen molar-refractivity contribution < 1.29 is 30.0 Å². The fraction of sp³-hybridized carbons (Fsp3) is 0.300. The fourth-order valence-corrected chi connectivity index (χ4v) is 5.42. The number of ether oxygens (including phenoxy) is 1. The van der Waals surface area contributed by atoms with Crippen molar-refractivity contribution in [3.8, 4) is 5.69 Å². The predicted octanol–water partition coefficient (Wildman–Crippen LogP) is -1.42. The second-order valence-corrected chi connectivity index (χ2v) is 9.03. The summed E-state index contributed by atoms with van der Waals surface area (Å²) in [6.45, 7) is -0.583. The van der Waals surface area contributed by atoms with Crippen LogP contribution in [0.5, 0.6) is 0 Å². The summed E-state index contributed by atoms with van der Waals surface area (Å²) in [4.78, 5) is 25.1. The topological polar surface area (TPSA) is 141 Å². The fourth-order valence-electron chi connectivity index (χ4n) is 3.32. The number of benzene rings is 2. The molecule has 158 valence electrons. The number of carbonyl (C=O) groups is 1. The van der Waals surface area contributed by atoms with Gasteiger partial charge < -0.3 is 0 Å². The van der Waals surface area contributed by atoms with E-state index in [-0.39, 0.29) is 25.9 Å². The first-order chi connectivity index (χ1) is 14.4. The van der Waals surface area contributed by atoms with Crippen LogP contribution < -0.4 is 10.9 Å². The molecule has 5 atom stereocenters. The number of nitrogens with zero attached hydrogens (tertiary/aromatic N) is 1. The molecule has 0 bridgehead atoms. The second kappa shape index (κ2) is 8.44. The first-order valence-electron chi connectivity index (χ1n) is 9.23. The predicted molar refractivity (Wildman–Crippen MR) is 108 cm³/mol. The van der Waals surface area contributed by atoms with Gasteiger partial charge in [-0.2, -0.15) is 0 Å². The van der Waals surface area contributed by atoms with E-state index in [0.717, 1.165) is 4.26 Å². The quantitative estimate of drug-likeness (QED) is 0.289. The molecule has 2 heterocycles. The molecule has 4 rings (SSSR count). The van der Waals surface area contributed by atoms with E-state index in [2.05, 4.69) is 5.32 Å². The first kappa shape index (κ1) is 21.0. The standard InChI is InChI=1S/C20H20N2O7Se/c23-9-13-15(24)16(25)17(26)19(29-13)21-18(27)10-5-7-11(8-6-10)22-20(28)12-3-1-2-4-14(12)30-22/h1-8,13,15-17,19,23-26H,9H2,(H,21,27). The van der Waals surface area contributed by atoms with Gasteiger partial charge in [-0.05, 0) is 0 Å². The van der Waals surface area contributed by atoms with Gasteiger partial charge in [0.1, 0.15) is 0 Å². The molecule has 9 nitrogen and oxygen atoms in total. The van der Waals surface area contributed by atoms with Gasteiger partial charge in [0.25, 0.3) is 0 Å². The Labute approximate surface area is 176 Å². The number of aliphatic hydroxyl groups is 4. The Kier molecular flexibility index (Phi) is 5.90. The summed E-state index contributed by atoms with van der Waals surface area (Å²) in [6, 6.07) is 13.8. The van der Waals surface area contributed by atoms with Crippen LogP contribution in [0.2, 0.25) is 0 Å². The minimum atomic E-state index is -1.58. The van der Waals surface area contributed by atoms with Crippen molar-refractivity contribution in [2.45, 2.75) is 30.6 Å². The zero-order valence-electron chi connectivity index (χ0n) is 15.6. The molecule has 1 saturated heterocycles. The molecule has 30 heavy (non-hydrogen) atoms. The number of hydrogen-bond donors (Lipinski definition) is 5. The van der Waals surface area contributed by atoms with Crippen LogP contribution >= 0.6 is 0 Å². The Hall–Kier alpha value is -2.30. The normalized spacial score (nSPS) is 26.6. The van der Waals surface area contributed by atoms with Crippen LogP contribution in [0.3, 0.4) is 0 Å². The molecule has 1 amide bonds. The Balaban J connectivity index is 1.52. The van der Waals surface area contributed by atoms with Gasteiger partial charge in [0.05, 0.1) is 0 Å². The van der Waals surface area contributed by atoms with Gasteiger partial charge >= 0.3 is 177 Å². The van der Waals surface area contributed by atoms with Crippen LogP contribution in [-0.4, -0.2) is 81.9 Å². The van der Waals surface area contributed by atoms with Crippen LogP contribution in [0.1, 0.15) is 10.4 Å². The van der Waals surface area contributed by atoms with E-state index in [1.54, 1.807) is 33.9 Å².